The van der Waals surface area contributed by atoms with Gasteiger partial charge in [0.25, 0.3) is 0 Å². The molecule has 0 atom stereocenters. The van der Waals surface area contributed by atoms with Crippen LogP contribution in [-0.4, -0.2) is 31.6 Å². The molecule has 0 aliphatic heterocycles. The second-order valence-corrected chi connectivity index (χ2v) is 2.42. The largest absolute Gasteiger partial charge is 0.375 e. The fourth-order valence-electron chi connectivity index (χ4n) is 0.866. The molecule has 0 fully saturated rings. The summed E-state index contributed by atoms with van der Waals surface area (Å²) in [5.41, 5.74) is 1.15. The minimum atomic E-state index is 1.03. The molecule has 74 valence electrons. The van der Waals surface area contributed by atoms with Crippen molar-refractivity contribution >= 4 is 0 Å². The van der Waals surface area contributed by atoms with Crippen molar-refractivity contribution in [1.82, 2.24) is 10.2 Å². The molecule has 0 saturated heterocycles. The lowest BCUT2D eigenvalue weighted by Crippen LogP contribution is -2.28. The normalized spacial score (nSPS) is 8.42. The van der Waals surface area contributed by atoms with Crippen LogP contribution in [-0.2, 0) is 0 Å². The lowest BCUT2D eigenvalue weighted by molar-refractivity contribution is 0.365. The van der Waals surface area contributed by atoms with Crippen LogP contribution in [0.5, 0.6) is 0 Å². The zero-order valence-corrected chi connectivity index (χ0v) is 9.28. The van der Waals surface area contributed by atoms with Gasteiger partial charge in [-0.15, -0.1) is 0 Å². The predicted molar refractivity (Wildman–Crippen MR) is 57.3 cm³/mol. The Kier molecular flexibility index (Phi) is 12.3. The molecule has 0 aliphatic rings. The molecule has 0 bridgehead atoms. The lowest BCUT2D eigenvalue weighted by Gasteiger charge is -2.22. The fourth-order valence-corrected chi connectivity index (χ4v) is 0.866. The van der Waals surface area contributed by atoms with E-state index in [0.29, 0.717) is 0 Å². The van der Waals surface area contributed by atoms with Crippen molar-refractivity contribution in [2.45, 2.75) is 27.7 Å². The molecule has 1 N–H and O–H groups in total. The van der Waals surface area contributed by atoms with Crippen LogP contribution in [0.3, 0.4) is 0 Å². The fraction of sp³-hybridized carbons (Fsp3) is 0.800. The number of nitrogens with zero attached hydrogens (tertiary/aromatic N) is 1. The second kappa shape index (κ2) is 10.5. The van der Waals surface area contributed by atoms with Gasteiger partial charge in [0.05, 0.1) is 0 Å². The van der Waals surface area contributed by atoms with Gasteiger partial charge in [-0.3, -0.25) is 0 Å². The van der Waals surface area contributed by atoms with Gasteiger partial charge in [0.2, 0.25) is 0 Å². The molecule has 0 heterocycles. The summed E-state index contributed by atoms with van der Waals surface area (Å²) in [7, 11) is 1.96. The van der Waals surface area contributed by atoms with Crippen LogP contribution in [0.25, 0.3) is 0 Å². The highest BCUT2D eigenvalue weighted by Crippen LogP contribution is 1.96. The highest BCUT2D eigenvalue weighted by Gasteiger charge is 1.97. The van der Waals surface area contributed by atoms with Gasteiger partial charge in [0, 0.05) is 25.3 Å². The Morgan fingerprint density at radius 3 is 2.17 bits per heavy atom. The monoisotopic (exact) mass is 172 g/mol. The van der Waals surface area contributed by atoms with Crippen LogP contribution in [0.15, 0.2) is 12.3 Å². The van der Waals surface area contributed by atoms with E-state index < -0.39 is 0 Å². The molecule has 0 aromatic carbocycles. The number of hydrogen-bond donors (Lipinski definition) is 1. The smallest absolute Gasteiger partial charge is 0.0299 e. The SMILES string of the molecule is C=C(C)N(CC)CCNC.CC. The third-order valence-corrected chi connectivity index (χ3v) is 1.55. The summed E-state index contributed by atoms with van der Waals surface area (Å²) < 4.78 is 0. The van der Waals surface area contributed by atoms with Crippen LogP contribution < -0.4 is 5.32 Å². The average Bonchev–Trinajstić information content (AvgIpc) is 2.09. The van der Waals surface area contributed by atoms with E-state index in [-0.39, 0.29) is 0 Å². The topological polar surface area (TPSA) is 15.3 Å². The summed E-state index contributed by atoms with van der Waals surface area (Å²) in [6, 6.07) is 0. The van der Waals surface area contributed by atoms with Gasteiger partial charge >= 0.3 is 0 Å². The third-order valence-electron chi connectivity index (χ3n) is 1.55. The van der Waals surface area contributed by atoms with Crippen LogP contribution in [0.1, 0.15) is 27.7 Å². The lowest BCUT2D eigenvalue weighted by atomic mass is 10.4. The summed E-state index contributed by atoms with van der Waals surface area (Å²) in [4.78, 5) is 2.25. The Hall–Kier alpha value is -0.500. The average molecular weight is 172 g/mol. The van der Waals surface area contributed by atoms with Crippen molar-refractivity contribution in [3.05, 3.63) is 12.3 Å². The van der Waals surface area contributed by atoms with Gasteiger partial charge in [-0.25, -0.2) is 0 Å². The molecule has 0 aliphatic carbocycles. The Labute approximate surface area is 77.6 Å². The molecule has 0 rings (SSSR count). The maximum Gasteiger partial charge on any atom is 0.0299 e. The third kappa shape index (κ3) is 7.61. The number of likely N-dealkylation sites (N-methyl/N-ethyl adjacent to an activating group) is 2. The Morgan fingerprint density at radius 2 is 1.92 bits per heavy atom. The molecule has 0 aromatic rings. The van der Waals surface area contributed by atoms with Gasteiger partial charge in [-0.05, 0) is 20.9 Å². The van der Waals surface area contributed by atoms with Crippen molar-refractivity contribution in [3.63, 3.8) is 0 Å². The van der Waals surface area contributed by atoms with E-state index in [1.54, 1.807) is 0 Å². The molecule has 0 radical (unpaired) electrons. The molecular formula is C10H24N2. The van der Waals surface area contributed by atoms with E-state index >= 15 is 0 Å². The first kappa shape index (κ1) is 14.0. The zero-order chi connectivity index (χ0) is 9.98. The first-order valence-electron chi connectivity index (χ1n) is 4.77. The maximum atomic E-state index is 3.88. The molecule has 2 heteroatoms. The zero-order valence-electron chi connectivity index (χ0n) is 9.28. The van der Waals surface area contributed by atoms with Gasteiger partial charge in [-0.1, -0.05) is 20.4 Å². The quantitative estimate of drug-likeness (QED) is 0.683. The molecule has 2 nitrogen and oxygen atoms in total. The van der Waals surface area contributed by atoms with Crippen molar-refractivity contribution < 1.29 is 0 Å². The van der Waals surface area contributed by atoms with Gasteiger partial charge in [0.1, 0.15) is 0 Å². The Balaban J connectivity index is 0. The van der Waals surface area contributed by atoms with Crippen molar-refractivity contribution in [3.8, 4) is 0 Å². The van der Waals surface area contributed by atoms with E-state index in [1.807, 2.05) is 27.8 Å². The van der Waals surface area contributed by atoms with Gasteiger partial charge < -0.3 is 10.2 Å². The predicted octanol–water partition coefficient (Wildman–Crippen LogP) is 2.09. The van der Waals surface area contributed by atoms with Crippen molar-refractivity contribution in [2.24, 2.45) is 0 Å². The number of nitrogens with one attached hydrogen (secondary N) is 1. The van der Waals surface area contributed by atoms with E-state index in [2.05, 4.69) is 23.7 Å². The number of rotatable bonds is 5. The van der Waals surface area contributed by atoms with Crippen LogP contribution in [0.4, 0.5) is 0 Å². The highest BCUT2D eigenvalue weighted by atomic mass is 15.1. The van der Waals surface area contributed by atoms with E-state index in [1.165, 1.54) is 0 Å². The van der Waals surface area contributed by atoms with Gasteiger partial charge in [-0.2, -0.15) is 0 Å². The van der Waals surface area contributed by atoms with Crippen LogP contribution in [0.2, 0.25) is 0 Å². The molecule has 0 aromatic heterocycles. The highest BCUT2D eigenvalue weighted by molar-refractivity contribution is 4.87. The van der Waals surface area contributed by atoms with Crippen molar-refractivity contribution in [2.75, 3.05) is 26.7 Å². The first-order chi connectivity index (χ1) is 5.72. The first-order valence-corrected chi connectivity index (χ1v) is 4.77. The molecule has 0 saturated carbocycles. The summed E-state index contributed by atoms with van der Waals surface area (Å²) in [5, 5.41) is 3.10. The molecule has 0 unspecified atom stereocenters. The summed E-state index contributed by atoms with van der Waals surface area (Å²) >= 11 is 0. The summed E-state index contributed by atoms with van der Waals surface area (Å²) in [6.07, 6.45) is 0. The van der Waals surface area contributed by atoms with E-state index in [9.17, 15) is 0 Å². The van der Waals surface area contributed by atoms with Crippen LogP contribution in [0, 0.1) is 0 Å². The van der Waals surface area contributed by atoms with E-state index in [4.69, 9.17) is 0 Å². The molecule has 0 amide bonds. The Bertz CT molecular complexity index is 100. The van der Waals surface area contributed by atoms with E-state index in [0.717, 1.165) is 25.3 Å². The Morgan fingerprint density at radius 1 is 1.42 bits per heavy atom. The van der Waals surface area contributed by atoms with Crippen LogP contribution >= 0.6 is 0 Å². The number of hydrogen-bond acceptors (Lipinski definition) is 2. The minimum Gasteiger partial charge on any atom is -0.375 e. The standard InChI is InChI=1S/C8H18N2.C2H6/c1-5-10(8(2)3)7-6-9-4;1-2/h9H,2,5-7H2,1,3-4H3;1-2H3. The molecule has 0 spiro atoms. The molecular weight excluding hydrogens is 148 g/mol. The maximum absolute atomic E-state index is 3.88. The van der Waals surface area contributed by atoms with Crippen molar-refractivity contribution in [1.29, 1.82) is 0 Å². The summed E-state index contributed by atoms with van der Waals surface area (Å²) in [5.74, 6) is 0. The minimum absolute atomic E-state index is 1.03. The molecule has 12 heavy (non-hydrogen) atoms. The second-order valence-electron chi connectivity index (χ2n) is 2.42. The number of allylic oxidation sites excluding steroid dienone is 1. The summed E-state index contributed by atoms with van der Waals surface area (Å²) in [6.45, 7) is 15.2. The van der Waals surface area contributed by atoms with Gasteiger partial charge in [0.15, 0.2) is 0 Å².